The Morgan fingerprint density at radius 3 is 2.86 bits per heavy atom. The van der Waals surface area contributed by atoms with Crippen molar-refractivity contribution in [2.45, 2.75) is 26.8 Å². The average Bonchev–Trinajstić information content (AvgIpc) is 2.44. The third-order valence-corrected chi connectivity index (χ3v) is 3.89. The summed E-state index contributed by atoms with van der Waals surface area (Å²) in [5.41, 5.74) is 1.92. The molecular weight excluding hydrogens is 268 g/mol. The van der Waals surface area contributed by atoms with Crippen molar-refractivity contribution in [1.29, 1.82) is 0 Å². The zero-order valence-corrected chi connectivity index (χ0v) is 12.2. The number of hydrogen-bond donors (Lipinski definition) is 1. The standard InChI is InChI=1S/C16H20N2O3/c1-10-6-11(2)14(16(20)21)13(7-10)15(19)18-9-12-4-3-5-17-8-12/h3-6,8,11,13-14H,7,9H2,1-2H3,(H,18,19)(H,20,21)/p-1/t11-,13+,14+/m0/s1. The highest BCUT2D eigenvalue weighted by Crippen LogP contribution is 2.33. The Bertz CT molecular complexity index is 554. The maximum Gasteiger partial charge on any atom is 0.224 e. The van der Waals surface area contributed by atoms with Crippen molar-refractivity contribution >= 4 is 11.9 Å². The number of carboxylic acid groups (broad SMARTS) is 1. The molecule has 0 unspecified atom stereocenters. The first-order valence-electron chi connectivity index (χ1n) is 7.04. The summed E-state index contributed by atoms with van der Waals surface area (Å²) in [4.78, 5) is 27.6. The molecule has 0 aromatic carbocycles. The summed E-state index contributed by atoms with van der Waals surface area (Å²) >= 11 is 0. The van der Waals surface area contributed by atoms with Crippen molar-refractivity contribution in [2.24, 2.45) is 17.8 Å². The van der Waals surface area contributed by atoms with Crippen molar-refractivity contribution < 1.29 is 14.7 Å². The number of allylic oxidation sites excluding steroid dienone is 2. The summed E-state index contributed by atoms with van der Waals surface area (Å²) in [5, 5.41) is 14.1. The van der Waals surface area contributed by atoms with Gasteiger partial charge in [-0.2, -0.15) is 0 Å². The molecule has 21 heavy (non-hydrogen) atoms. The molecule has 0 saturated carbocycles. The van der Waals surface area contributed by atoms with E-state index in [1.807, 2.05) is 26.0 Å². The third kappa shape index (κ3) is 3.68. The normalized spacial score (nSPS) is 25.0. The summed E-state index contributed by atoms with van der Waals surface area (Å²) < 4.78 is 0. The van der Waals surface area contributed by atoms with Gasteiger partial charge in [0.25, 0.3) is 0 Å². The van der Waals surface area contributed by atoms with Crippen LogP contribution < -0.4 is 10.4 Å². The predicted octanol–water partition coefficient (Wildman–Crippen LogP) is 0.666. The molecule has 0 aliphatic heterocycles. The van der Waals surface area contributed by atoms with Gasteiger partial charge in [0.1, 0.15) is 0 Å². The first-order chi connectivity index (χ1) is 9.99. The van der Waals surface area contributed by atoms with Crippen LogP contribution in [0.25, 0.3) is 0 Å². The largest absolute Gasteiger partial charge is 0.550 e. The van der Waals surface area contributed by atoms with Crippen LogP contribution in [0.1, 0.15) is 25.8 Å². The first kappa shape index (κ1) is 15.2. The summed E-state index contributed by atoms with van der Waals surface area (Å²) in [6.45, 7) is 4.08. The Hall–Kier alpha value is -2.17. The minimum Gasteiger partial charge on any atom is -0.550 e. The highest BCUT2D eigenvalue weighted by molar-refractivity contribution is 5.85. The number of aliphatic carboxylic acids is 1. The van der Waals surface area contributed by atoms with E-state index in [-0.39, 0.29) is 11.8 Å². The average molecular weight is 287 g/mol. The van der Waals surface area contributed by atoms with E-state index in [4.69, 9.17) is 0 Å². The van der Waals surface area contributed by atoms with Gasteiger partial charge in [-0.05, 0) is 30.9 Å². The van der Waals surface area contributed by atoms with E-state index in [9.17, 15) is 14.7 Å². The van der Waals surface area contributed by atoms with Gasteiger partial charge in [-0.25, -0.2) is 0 Å². The molecule has 0 fully saturated rings. The molecule has 1 aliphatic carbocycles. The number of nitrogens with one attached hydrogen (secondary N) is 1. The smallest absolute Gasteiger partial charge is 0.224 e. The molecule has 0 bridgehead atoms. The number of carbonyl (C=O) groups excluding carboxylic acids is 2. The zero-order valence-electron chi connectivity index (χ0n) is 12.2. The van der Waals surface area contributed by atoms with Crippen LogP contribution in [-0.2, 0) is 16.1 Å². The minimum atomic E-state index is -1.16. The molecule has 3 atom stereocenters. The number of hydrogen-bond acceptors (Lipinski definition) is 4. The van der Waals surface area contributed by atoms with Gasteiger partial charge in [0.15, 0.2) is 0 Å². The summed E-state index contributed by atoms with van der Waals surface area (Å²) in [6, 6.07) is 3.65. The lowest BCUT2D eigenvalue weighted by Crippen LogP contribution is -2.47. The van der Waals surface area contributed by atoms with Crippen LogP contribution in [0, 0.1) is 17.8 Å². The van der Waals surface area contributed by atoms with E-state index in [1.54, 1.807) is 18.5 Å². The van der Waals surface area contributed by atoms with Crippen LogP contribution in [-0.4, -0.2) is 16.9 Å². The Kier molecular flexibility index (Phi) is 4.73. The van der Waals surface area contributed by atoms with E-state index in [0.29, 0.717) is 13.0 Å². The lowest BCUT2D eigenvalue weighted by Gasteiger charge is -2.34. The van der Waals surface area contributed by atoms with Crippen LogP contribution in [0.3, 0.4) is 0 Å². The maximum atomic E-state index is 12.3. The minimum absolute atomic E-state index is 0.196. The molecule has 1 aromatic rings. The summed E-state index contributed by atoms with van der Waals surface area (Å²) in [6.07, 6.45) is 5.70. The highest BCUT2D eigenvalue weighted by Gasteiger charge is 2.35. The summed E-state index contributed by atoms with van der Waals surface area (Å²) in [5.74, 6) is -2.95. The monoisotopic (exact) mass is 287 g/mol. The van der Waals surface area contributed by atoms with Crippen molar-refractivity contribution in [3.63, 3.8) is 0 Å². The van der Waals surface area contributed by atoms with E-state index in [0.717, 1.165) is 11.1 Å². The number of amides is 1. The molecule has 1 amide bonds. The lowest BCUT2D eigenvalue weighted by molar-refractivity contribution is -0.314. The molecule has 0 saturated heterocycles. The number of rotatable bonds is 4. The number of nitrogens with zero attached hydrogens (tertiary/aromatic N) is 1. The van der Waals surface area contributed by atoms with Crippen molar-refractivity contribution in [2.75, 3.05) is 0 Å². The number of aromatic nitrogens is 1. The molecule has 1 N–H and O–H groups in total. The van der Waals surface area contributed by atoms with Gasteiger partial charge in [-0.3, -0.25) is 9.78 Å². The topological polar surface area (TPSA) is 82.1 Å². The quantitative estimate of drug-likeness (QED) is 0.825. The van der Waals surface area contributed by atoms with Crippen LogP contribution in [0.15, 0.2) is 36.2 Å². The Balaban J connectivity index is 2.06. The van der Waals surface area contributed by atoms with Gasteiger partial charge < -0.3 is 15.2 Å². The fraction of sp³-hybridized carbons (Fsp3) is 0.438. The van der Waals surface area contributed by atoms with Gasteiger partial charge in [-0.1, -0.05) is 24.6 Å². The second-order valence-corrected chi connectivity index (χ2v) is 5.61. The fourth-order valence-electron chi connectivity index (χ4n) is 2.92. The summed E-state index contributed by atoms with van der Waals surface area (Å²) in [7, 11) is 0. The first-order valence-corrected chi connectivity index (χ1v) is 7.04. The highest BCUT2D eigenvalue weighted by atomic mass is 16.4. The second kappa shape index (κ2) is 6.52. The van der Waals surface area contributed by atoms with Gasteiger partial charge in [0.05, 0.1) is 5.92 Å². The Morgan fingerprint density at radius 2 is 2.24 bits per heavy atom. The Labute approximate surface area is 124 Å². The van der Waals surface area contributed by atoms with Gasteiger partial charge in [0, 0.05) is 30.8 Å². The molecule has 1 aromatic heterocycles. The molecule has 1 aliphatic rings. The predicted molar refractivity (Wildman–Crippen MR) is 75.6 cm³/mol. The Morgan fingerprint density at radius 1 is 1.48 bits per heavy atom. The van der Waals surface area contributed by atoms with Crippen LogP contribution >= 0.6 is 0 Å². The van der Waals surface area contributed by atoms with Crippen LogP contribution in [0.5, 0.6) is 0 Å². The molecule has 5 heteroatoms. The van der Waals surface area contributed by atoms with Crippen LogP contribution in [0.2, 0.25) is 0 Å². The molecule has 5 nitrogen and oxygen atoms in total. The van der Waals surface area contributed by atoms with Crippen molar-refractivity contribution in [1.82, 2.24) is 10.3 Å². The molecule has 0 spiro atoms. The van der Waals surface area contributed by atoms with E-state index >= 15 is 0 Å². The van der Waals surface area contributed by atoms with Gasteiger partial charge in [0.2, 0.25) is 5.91 Å². The van der Waals surface area contributed by atoms with Crippen LogP contribution in [0.4, 0.5) is 0 Å². The van der Waals surface area contributed by atoms with Gasteiger partial charge in [-0.15, -0.1) is 0 Å². The van der Waals surface area contributed by atoms with Gasteiger partial charge >= 0.3 is 0 Å². The van der Waals surface area contributed by atoms with Crippen molar-refractivity contribution in [3.05, 3.63) is 41.7 Å². The number of carboxylic acids is 1. The maximum absolute atomic E-state index is 12.3. The molecule has 0 radical (unpaired) electrons. The van der Waals surface area contributed by atoms with E-state index in [1.165, 1.54) is 0 Å². The number of carbonyl (C=O) groups is 2. The fourth-order valence-corrected chi connectivity index (χ4v) is 2.92. The SMILES string of the molecule is CC1=C[C@H](C)[C@@H](C(=O)[O-])[C@H](C(=O)NCc2cccnc2)C1. The lowest BCUT2D eigenvalue weighted by atomic mass is 9.73. The molecule has 1 heterocycles. The van der Waals surface area contributed by atoms with E-state index in [2.05, 4.69) is 10.3 Å². The zero-order chi connectivity index (χ0) is 15.4. The second-order valence-electron chi connectivity index (χ2n) is 5.61. The third-order valence-electron chi connectivity index (χ3n) is 3.89. The number of pyridine rings is 1. The molecule has 2 rings (SSSR count). The van der Waals surface area contributed by atoms with E-state index < -0.39 is 17.8 Å². The van der Waals surface area contributed by atoms with Crippen molar-refractivity contribution in [3.8, 4) is 0 Å². The molecule has 112 valence electrons. The molecular formula is C16H19N2O3-.